The van der Waals surface area contributed by atoms with E-state index in [1.54, 1.807) is 0 Å². The van der Waals surface area contributed by atoms with E-state index >= 15 is 0 Å². The number of carbonyl (C=O) groups excluding carboxylic acids is 1. The van der Waals surface area contributed by atoms with Gasteiger partial charge in [0.2, 0.25) is 0 Å². The number of aryl methyl sites for hydroxylation is 1. The third kappa shape index (κ3) is 3.54. The second kappa shape index (κ2) is 6.57. The lowest BCUT2D eigenvalue weighted by Gasteiger charge is -2.13. The molecule has 0 fully saturated rings. The largest absolute Gasteiger partial charge is 0.464 e. The summed E-state index contributed by atoms with van der Waals surface area (Å²) in [5.74, 6) is 1.50. The number of rotatable bonds is 5. The van der Waals surface area contributed by atoms with Crippen LogP contribution in [0.1, 0.15) is 40.5 Å². The molecule has 1 atom stereocenters. The highest BCUT2D eigenvalue weighted by Gasteiger charge is 2.16. The minimum absolute atomic E-state index is 0.104. The molecule has 118 valence electrons. The predicted molar refractivity (Wildman–Crippen MR) is 89.3 cm³/mol. The van der Waals surface area contributed by atoms with Crippen LogP contribution in [0.25, 0.3) is 0 Å². The van der Waals surface area contributed by atoms with Gasteiger partial charge in [-0.15, -0.1) is 0 Å². The van der Waals surface area contributed by atoms with E-state index in [0.29, 0.717) is 12.2 Å². The SMILES string of the molecule is Cc1ccc(C(C)NC(=O)c2cccn2Cc2ccccc2)o1. The summed E-state index contributed by atoms with van der Waals surface area (Å²) in [6.07, 6.45) is 1.92. The Morgan fingerprint density at radius 2 is 1.91 bits per heavy atom. The Kier molecular flexibility index (Phi) is 4.33. The normalized spacial score (nSPS) is 12.1. The van der Waals surface area contributed by atoms with Gasteiger partial charge in [0.05, 0.1) is 6.04 Å². The van der Waals surface area contributed by atoms with Gasteiger partial charge in [0.15, 0.2) is 0 Å². The molecule has 4 nitrogen and oxygen atoms in total. The van der Waals surface area contributed by atoms with Gasteiger partial charge in [-0.2, -0.15) is 0 Å². The molecule has 1 unspecified atom stereocenters. The van der Waals surface area contributed by atoms with Crippen LogP contribution in [0, 0.1) is 6.92 Å². The Hall–Kier alpha value is -2.75. The molecule has 2 heterocycles. The summed E-state index contributed by atoms with van der Waals surface area (Å²) in [6.45, 7) is 4.48. The average Bonchev–Trinajstić information content (AvgIpc) is 3.17. The molecule has 23 heavy (non-hydrogen) atoms. The molecule has 2 aromatic heterocycles. The molecule has 0 bridgehead atoms. The van der Waals surface area contributed by atoms with Crippen molar-refractivity contribution in [2.24, 2.45) is 0 Å². The zero-order valence-electron chi connectivity index (χ0n) is 13.3. The Bertz CT molecular complexity index is 787. The quantitative estimate of drug-likeness (QED) is 0.776. The van der Waals surface area contributed by atoms with Gasteiger partial charge in [-0.1, -0.05) is 30.3 Å². The molecule has 1 amide bonds. The van der Waals surface area contributed by atoms with E-state index in [1.165, 1.54) is 0 Å². The van der Waals surface area contributed by atoms with Crippen LogP contribution in [0.2, 0.25) is 0 Å². The second-order valence-corrected chi connectivity index (χ2v) is 5.65. The highest BCUT2D eigenvalue weighted by molar-refractivity contribution is 5.93. The summed E-state index contributed by atoms with van der Waals surface area (Å²) in [5, 5.41) is 2.98. The van der Waals surface area contributed by atoms with Crippen LogP contribution in [0.4, 0.5) is 0 Å². The van der Waals surface area contributed by atoms with Crippen molar-refractivity contribution >= 4 is 5.91 Å². The fourth-order valence-electron chi connectivity index (χ4n) is 2.57. The number of benzene rings is 1. The van der Waals surface area contributed by atoms with E-state index in [1.807, 2.05) is 67.1 Å². The first-order valence-electron chi connectivity index (χ1n) is 7.70. The molecule has 1 N–H and O–H groups in total. The molecule has 3 rings (SSSR count). The maximum absolute atomic E-state index is 12.5. The van der Waals surface area contributed by atoms with Crippen molar-refractivity contribution in [1.82, 2.24) is 9.88 Å². The van der Waals surface area contributed by atoms with Gasteiger partial charge in [-0.25, -0.2) is 0 Å². The zero-order chi connectivity index (χ0) is 16.2. The molecule has 0 aliphatic heterocycles. The van der Waals surface area contributed by atoms with Crippen LogP contribution >= 0.6 is 0 Å². The lowest BCUT2D eigenvalue weighted by molar-refractivity contribution is 0.0926. The molecule has 0 aliphatic rings. The van der Waals surface area contributed by atoms with Crippen molar-refractivity contribution < 1.29 is 9.21 Å². The van der Waals surface area contributed by atoms with Crippen molar-refractivity contribution in [3.8, 4) is 0 Å². The number of nitrogens with zero attached hydrogens (tertiary/aromatic N) is 1. The first-order valence-corrected chi connectivity index (χ1v) is 7.70. The van der Waals surface area contributed by atoms with E-state index in [-0.39, 0.29) is 11.9 Å². The Labute approximate surface area is 135 Å². The second-order valence-electron chi connectivity index (χ2n) is 5.65. The predicted octanol–water partition coefficient (Wildman–Crippen LogP) is 3.93. The third-order valence-electron chi connectivity index (χ3n) is 3.79. The first kappa shape index (κ1) is 15.2. The van der Waals surface area contributed by atoms with Crippen LogP contribution in [0.3, 0.4) is 0 Å². The Morgan fingerprint density at radius 3 is 2.61 bits per heavy atom. The van der Waals surface area contributed by atoms with Crippen molar-refractivity contribution in [2.75, 3.05) is 0 Å². The highest BCUT2D eigenvalue weighted by Crippen LogP contribution is 2.16. The molecule has 0 aliphatic carbocycles. The van der Waals surface area contributed by atoms with E-state index in [0.717, 1.165) is 17.1 Å². The maximum atomic E-state index is 12.5. The summed E-state index contributed by atoms with van der Waals surface area (Å²) in [7, 11) is 0. The van der Waals surface area contributed by atoms with Gasteiger partial charge in [-0.05, 0) is 43.7 Å². The molecule has 0 spiro atoms. The number of amides is 1. The van der Waals surface area contributed by atoms with E-state index in [9.17, 15) is 4.79 Å². The fraction of sp³-hybridized carbons (Fsp3) is 0.211. The number of carbonyl (C=O) groups is 1. The Morgan fingerprint density at radius 1 is 1.13 bits per heavy atom. The van der Waals surface area contributed by atoms with E-state index in [2.05, 4.69) is 17.4 Å². The number of aromatic nitrogens is 1. The molecular weight excluding hydrogens is 288 g/mol. The monoisotopic (exact) mass is 308 g/mol. The zero-order valence-corrected chi connectivity index (χ0v) is 13.3. The van der Waals surface area contributed by atoms with Crippen LogP contribution in [-0.2, 0) is 6.54 Å². The lowest BCUT2D eigenvalue weighted by atomic mass is 10.2. The maximum Gasteiger partial charge on any atom is 0.268 e. The number of nitrogens with one attached hydrogen (secondary N) is 1. The standard InChI is InChI=1S/C19H20N2O2/c1-14-10-11-18(23-14)15(2)20-19(22)17-9-6-12-21(17)13-16-7-4-3-5-8-16/h3-12,15H,13H2,1-2H3,(H,20,22). The van der Waals surface area contributed by atoms with Crippen molar-refractivity contribution in [2.45, 2.75) is 26.4 Å². The van der Waals surface area contributed by atoms with Gasteiger partial charge in [0.25, 0.3) is 5.91 Å². The average molecular weight is 308 g/mol. The lowest BCUT2D eigenvalue weighted by Crippen LogP contribution is -2.28. The van der Waals surface area contributed by atoms with Crippen molar-refractivity contribution in [3.63, 3.8) is 0 Å². The minimum atomic E-state index is -0.170. The number of hydrogen-bond donors (Lipinski definition) is 1. The van der Waals surface area contributed by atoms with Gasteiger partial charge >= 0.3 is 0 Å². The van der Waals surface area contributed by atoms with E-state index in [4.69, 9.17) is 4.42 Å². The van der Waals surface area contributed by atoms with Gasteiger partial charge in [-0.3, -0.25) is 4.79 Å². The van der Waals surface area contributed by atoms with Gasteiger partial charge < -0.3 is 14.3 Å². The molecule has 0 saturated carbocycles. The van der Waals surface area contributed by atoms with E-state index < -0.39 is 0 Å². The van der Waals surface area contributed by atoms with Crippen LogP contribution in [-0.4, -0.2) is 10.5 Å². The smallest absolute Gasteiger partial charge is 0.268 e. The summed E-state index contributed by atoms with van der Waals surface area (Å²) in [5.41, 5.74) is 1.80. The fourth-order valence-corrected chi connectivity index (χ4v) is 2.57. The minimum Gasteiger partial charge on any atom is -0.464 e. The first-order chi connectivity index (χ1) is 11.1. The highest BCUT2D eigenvalue weighted by atomic mass is 16.3. The van der Waals surface area contributed by atoms with Crippen LogP contribution < -0.4 is 5.32 Å². The van der Waals surface area contributed by atoms with Crippen molar-refractivity contribution in [1.29, 1.82) is 0 Å². The molecular formula is C19H20N2O2. The van der Waals surface area contributed by atoms with Gasteiger partial charge in [0.1, 0.15) is 17.2 Å². The topological polar surface area (TPSA) is 47.2 Å². The molecule has 3 aromatic rings. The summed E-state index contributed by atoms with van der Waals surface area (Å²) < 4.78 is 7.52. The summed E-state index contributed by atoms with van der Waals surface area (Å²) >= 11 is 0. The molecule has 0 radical (unpaired) electrons. The molecule has 1 aromatic carbocycles. The van der Waals surface area contributed by atoms with Crippen LogP contribution in [0.15, 0.2) is 65.2 Å². The summed E-state index contributed by atoms with van der Waals surface area (Å²) in [6, 6.07) is 17.4. The number of hydrogen-bond acceptors (Lipinski definition) is 2. The van der Waals surface area contributed by atoms with Crippen LogP contribution in [0.5, 0.6) is 0 Å². The molecule has 0 saturated heterocycles. The summed E-state index contributed by atoms with van der Waals surface area (Å²) in [4.78, 5) is 12.5. The van der Waals surface area contributed by atoms with Gasteiger partial charge in [0, 0.05) is 12.7 Å². The Balaban J connectivity index is 1.72. The molecule has 4 heteroatoms. The van der Waals surface area contributed by atoms with Crippen molar-refractivity contribution in [3.05, 3.63) is 83.6 Å². The third-order valence-corrected chi connectivity index (χ3v) is 3.79. The number of furan rings is 1.